The number of hydrogen-bond donors (Lipinski definition) is 1. The van der Waals surface area contributed by atoms with Crippen molar-refractivity contribution in [1.29, 1.82) is 0 Å². The first-order chi connectivity index (χ1) is 11.5. The van der Waals surface area contributed by atoms with Crippen molar-refractivity contribution in [2.75, 3.05) is 0 Å². The fourth-order valence-corrected chi connectivity index (χ4v) is 3.03. The number of hydrogen-bond acceptors (Lipinski definition) is 2. The van der Waals surface area contributed by atoms with Gasteiger partial charge in [-0.15, -0.1) is 0 Å². The number of carbonyl (C=O) groups is 1. The zero-order valence-electron chi connectivity index (χ0n) is 13.8. The molecule has 0 amide bonds. The van der Waals surface area contributed by atoms with Crippen molar-refractivity contribution in [3.63, 3.8) is 0 Å². The van der Waals surface area contributed by atoms with Gasteiger partial charge in [0.05, 0.1) is 0 Å². The fourth-order valence-electron chi connectivity index (χ4n) is 3.03. The van der Waals surface area contributed by atoms with Crippen LogP contribution in [0.3, 0.4) is 0 Å². The van der Waals surface area contributed by atoms with E-state index in [1.807, 2.05) is 68.4 Å². The van der Waals surface area contributed by atoms with Crippen LogP contribution in [-0.2, 0) is 11.2 Å². The van der Waals surface area contributed by atoms with E-state index in [1.165, 1.54) is 0 Å². The van der Waals surface area contributed by atoms with Gasteiger partial charge in [0.15, 0.2) is 6.10 Å². The van der Waals surface area contributed by atoms with Gasteiger partial charge in [0.1, 0.15) is 5.75 Å². The highest BCUT2D eigenvalue weighted by atomic mass is 16.5. The number of ether oxygens (including phenoxy) is 1. The number of carboxylic acid groups (broad SMARTS) is 1. The number of fused-ring (bicyclic) bond motifs is 1. The Balaban J connectivity index is 1.90. The number of aliphatic carboxylic acids is 1. The molecule has 0 aliphatic heterocycles. The van der Waals surface area contributed by atoms with Gasteiger partial charge < -0.3 is 9.84 Å². The van der Waals surface area contributed by atoms with Crippen molar-refractivity contribution in [1.82, 2.24) is 0 Å². The van der Waals surface area contributed by atoms with Gasteiger partial charge in [-0.1, -0.05) is 65.7 Å². The molecule has 0 aliphatic rings. The summed E-state index contributed by atoms with van der Waals surface area (Å²) < 4.78 is 5.87. The molecular formula is C21H20O3. The minimum absolute atomic E-state index is 0.334. The molecule has 3 aromatic rings. The molecule has 0 fully saturated rings. The number of benzene rings is 3. The minimum atomic E-state index is -0.956. The molecule has 1 unspecified atom stereocenters. The van der Waals surface area contributed by atoms with E-state index in [0.29, 0.717) is 12.2 Å². The van der Waals surface area contributed by atoms with Crippen LogP contribution in [0.2, 0.25) is 0 Å². The monoisotopic (exact) mass is 320 g/mol. The molecule has 122 valence electrons. The third-order valence-corrected chi connectivity index (χ3v) is 4.00. The van der Waals surface area contributed by atoms with Crippen molar-refractivity contribution >= 4 is 16.7 Å². The van der Waals surface area contributed by atoms with Crippen LogP contribution >= 0.6 is 0 Å². The minimum Gasteiger partial charge on any atom is -0.478 e. The number of rotatable bonds is 5. The second-order valence-electron chi connectivity index (χ2n) is 6.12. The molecule has 0 spiro atoms. The Labute approximate surface area is 141 Å². The topological polar surface area (TPSA) is 46.5 Å². The third kappa shape index (κ3) is 3.57. The lowest BCUT2D eigenvalue weighted by Gasteiger charge is -2.17. The van der Waals surface area contributed by atoms with Crippen molar-refractivity contribution in [2.24, 2.45) is 0 Å². The van der Waals surface area contributed by atoms with Gasteiger partial charge in [0.25, 0.3) is 0 Å². The molecule has 3 nitrogen and oxygen atoms in total. The van der Waals surface area contributed by atoms with Gasteiger partial charge in [0.2, 0.25) is 0 Å². The molecule has 0 bridgehead atoms. The Bertz CT molecular complexity index is 858. The highest BCUT2D eigenvalue weighted by molar-refractivity contribution is 5.88. The Kier molecular flexibility index (Phi) is 4.52. The Morgan fingerprint density at radius 1 is 1.00 bits per heavy atom. The molecule has 1 N–H and O–H groups in total. The molecule has 1 atom stereocenters. The molecule has 0 heterocycles. The van der Waals surface area contributed by atoms with E-state index in [2.05, 4.69) is 6.07 Å². The number of aryl methyl sites for hydroxylation is 2. The average Bonchev–Trinajstić information content (AvgIpc) is 2.53. The molecular weight excluding hydrogens is 300 g/mol. The van der Waals surface area contributed by atoms with Gasteiger partial charge in [-0.25, -0.2) is 4.79 Å². The van der Waals surface area contributed by atoms with Gasteiger partial charge in [0, 0.05) is 11.8 Å². The highest BCUT2D eigenvalue weighted by Crippen LogP contribution is 2.27. The van der Waals surface area contributed by atoms with Crippen molar-refractivity contribution < 1.29 is 14.6 Å². The maximum Gasteiger partial charge on any atom is 0.345 e. The van der Waals surface area contributed by atoms with E-state index in [0.717, 1.165) is 27.5 Å². The van der Waals surface area contributed by atoms with Gasteiger partial charge in [-0.05, 0) is 30.9 Å². The van der Waals surface area contributed by atoms with Gasteiger partial charge in [-0.2, -0.15) is 0 Å². The molecule has 3 aromatic carbocycles. The van der Waals surface area contributed by atoms with E-state index in [4.69, 9.17) is 4.74 Å². The van der Waals surface area contributed by atoms with Crippen LogP contribution in [0.1, 0.15) is 16.7 Å². The summed E-state index contributed by atoms with van der Waals surface area (Å²) in [6, 6.07) is 19.6. The lowest BCUT2D eigenvalue weighted by atomic mass is 10.0. The van der Waals surface area contributed by atoms with Crippen LogP contribution in [0.4, 0.5) is 0 Å². The van der Waals surface area contributed by atoms with E-state index in [-0.39, 0.29) is 0 Å². The highest BCUT2D eigenvalue weighted by Gasteiger charge is 2.21. The predicted molar refractivity (Wildman–Crippen MR) is 95.6 cm³/mol. The molecule has 3 rings (SSSR count). The summed E-state index contributed by atoms with van der Waals surface area (Å²) >= 11 is 0. The third-order valence-electron chi connectivity index (χ3n) is 4.00. The summed E-state index contributed by atoms with van der Waals surface area (Å²) in [5.74, 6) is -0.355. The molecule has 0 aromatic heterocycles. The maximum atomic E-state index is 11.7. The van der Waals surface area contributed by atoms with Crippen LogP contribution in [0.25, 0.3) is 10.8 Å². The van der Waals surface area contributed by atoms with Crippen molar-refractivity contribution in [3.8, 4) is 5.75 Å². The molecule has 0 radical (unpaired) electrons. The quantitative estimate of drug-likeness (QED) is 0.751. The van der Waals surface area contributed by atoms with E-state index in [9.17, 15) is 9.90 Å². The lowest BCUT2D eigenvalue weighted by Crippen LogP contribution is -2.29. The lowest BCUT2D eigenvalue weighted by molar-refractivity contribution is -0.144. The van der Waals surface area contributed by atoms with Crippen LogP contribution < -0.4 is 4.74 Å². The first kappa shape index (κ1) is 16.1. The van der Waals surface area contributed by atoms with Crippen LogP contribution in [0.5, 0.6) is 5.75 Å². The van der Waals surface area contributed by atoms with E-state index < -0.39 is 12.1 Å². The SMILES string of the molecule is Cc1cc(C)cc(CC(Oc2cccc3ccccc23)C(=O)O)c1. The smallest absolute Gasteiger partial charge is 0.345 e. The molecule has 0 saturated carbocycles. The largest absolute Gasteiger partial charge is 0.478 e. The maximum absolute atomic E-state index is 11.7. The first-order valence-electron chi connectivity index (χ1n) is 7.97. The molecule has 24 heavy (non-hydrogen) atoms. The fraction of sp³-hybridized carbons (Fsp3) is 0.190. The Morgan fingerprint density at radius 3 is 2.38 bits per heavy atom. The van der Waals surface area contributed by atoms with Gasteiger partial charge in [-0.3, -0.25) is 0 Å². The summed E-state index contributed by atoms with van der Waals surface area (Å²) in [5, 5.41) is 11.5. The first-order valence-corrected chi connectivity index (χ1v) is 7.97. The summed E-state index contributed by atoms with van der Waals surface area (Å²) in [4.78, 5) is 11.7. The normalized spacial score (nSPS) is 12.1. The summed E-state index contributed by atoms with van der Waals surface area (Å²) in [7, 11) is 0. The standard InChI is InChI=1S/C21H20O3/c1-14-10-15(2)12-16(11-14)13-20(21(22)23)24-19-9-5-7-17-6-3-4-8-18(17)19/h3-12,20H,13H2,1-2H3,(H,22,23). The van der Waals surface area contributed by atoms with Crippen molar-refractivity contribution in [3.05, 3.63) is 77.4 Å². The second-order valence-corrected chi connectivity index (χ2v) is 6.12. The Hall–Kier alpha value is -2.81. The molecule has 0 aliphatic carbocycles. The van der Waals surface area contributed by atoms with E-state index in [1.54, 1.807) is 0 Å². The molecule has 3 heteroatoms. The number of carboxylic acids is 1. The molecule has 0 saturated heterocycles. The Morgan fingerprint density at radius 2 is 1.67 bits per heavy atom. The van der Waals surface area contributed by atoms with Crippen LogP contribution in [-0.4, -0.2) is 17.2 Å². The summed E-state index contributed by atoms with van der Waals surface area (Å²) in [5.41, 5.74) is 3.22. The summed E-state index contributed by atoms with van der Waals surface area (Å²) in [6.07, 6.45) is -0.585. The zero-order chi connectivity index (χ0) is 17.1. The second kappa shape index (κ2) is 6.75. The summed E-state index contributed by atoms with van der Waals surface area (Å²) in [6.45, 7) is 4.02. The van der Waals surface area contributed by atoms with Crippen molar-refractivity contribution in [2.45, 2.75) is 26.4 Å². The predicted octanol–water partition coefficient (Wildman–Crippen LogP) is 4.53. The average molecular weight is 320 g/mol. The zero-order valence-corrected chi connectivity index (χ0v) is 13.8. The van der Waals surface area contributed by atoms with Crippen LogP contribution in [0.15, 0.2) is 60.7 Å². The van der Waals surface area contributed by atoms with Gasteiger partial charge >= 0.3 is 5.97 Å². The van der Waals surface area contributed by atoms with E-state index >= 15 is 0 Å². The van der Waals surface area contributed by atoms with Crippen LogP contribution in [0, 0.1) is 13.8 Å².